The van der Waals surface area contributed by atoms with E-state index >= 15 is 0 Å². The van der Waals surface area contributed by atoms with Gasteiger partial charge in [-0.05, 0) is 85.9 Å². The van der Waals surface area contributed by atoms with E-state index in [9.17, 15) is 9.59 Å². The molecule has 0 N–H and O–H groups in total. The lowest BCUT2D eigenvalue weighted by Gasteiger charge is -2.23. The molecule has 37 heavy (non-hydrogen) atoms. The van der Waals surface area contributed by atoms with Crippen LogP contribution in [0.5, 0.6) is 0 Å². The van der Waals surface area contributed by atoms with Gasteiger partial charge in [0.2, 0.25) is 0 Å². The Hall–Kier alpha value is -3.57. The zero-order chi connectivity index (χ0) is 25.4. The van der Waals surface area contributed by atoms with Crippen LogP contribution in [0.3, 0.4) is 0 Å². The van der Waals surface area contributed by atoms with Crippen molar-refractivity contribution in [1.82, 2.24) is 4.98 Å². The summed E-state index contributed by atoms with van der Waals surface area (Å²) in [5.74, 6) is 0.762. The summed E-state index contributed by atoms with van der Waals surface area (Å²) in [4.78, 5) is 35.2. The summed E-state index contributed by atoms with van der Waals surface area (Å²) in [5.41, 5.74) is 7.06. The van der Waals surface area contributed by atoms with Gasteiger partial charge in [0, 0.05) is 29.1 Å². The number of carbonyl (C=O) groups is 2. The molecule has 1 aliphatic carbocycles. The summed E-state index contributed by atoms with van der Waals surface area (Å²) < 4.78 is 0. The second-order valence-electron chi connectivity index (χ2n) is 10.2. The van der Waals surface area contributed by atoms with Gasteiger partial charge in [-0.15, -0.1) is 11.3 Å². The fourth-order valence-corrected chi connectivity index (χ4v) is 6.35. The van der Waals surface area contributed by atoms with Gasteiger partial charge in [0.15, 0.2) is 5.78 Å². The van der Waals surface area contributed by atoms with E-state index in [-0.39, 0.29) is 11.7 Å². The largest absolute Gasteiger partial charge is 0.306 e. The summed E-state index contributed by atoms with van der Waals surface area (Å²) in [6, 6.07) is 24.3. The lowest BCUT2D eigenvalue weighted by atomic mass is 10.0. The minimum Gasteiger partial charge on any atom is -0.306 e. The molecule has 1 fully saturated rings. The van der Waals surface area contributed by atoms with Crippen LogP contribution in [-0.4, -0.2) is 23.2 Å². The first-order valence-electron chi connectivity index (χ1n) is 13.1. The number of benzene rings is 2. The van der Waals surface area contributed by atoms with Gasteiger partial charge < -0.3 is 4.90 Å². The van der Waals surface area contributed by atoms with Gasteiger partial charge >= 0.3 is 0 Å². The Balaban J connectivity index is 1.25. The van der Waals surface area contributed by atoms with Gasteiger partial charge in [-0.1, -0.05) is 48.5 Å². The molecular weight excluding hydrogens is 476 g/mol. The van der Waals surface area contributed by atoms with Crippen molar-refractivity contribution in [2.75, 3.05) is 11.4 Å². The standard InChI is InChI=1S/C32H30N2O2S/c1-21-7-2-3-8-23(21)15-16-25-9-6-11-27(33-25)32(36)34-18-17-24-20-30(29(35)19-22-13-14-22)37-31(24)26-10-4-5-12-28(26)34/h2-12,20,22H,13-19H2,1H3. The number of thiophene rings is 1. The number of amides is 1. The highest BCUT2D eigenvalue weighted by Gasteiger charge is 2.30. The number of aryl methyl sites for hydroxylation is 3. The zero-order valence-electron chi connectivity index (χ0n) is 21.1. The molecule has 4 aromatic rings. The number of para-hydroxylation sites is 1. The Bertz CT molecular complexity index is 1480. The van der Waals surface area contributed by atoms with Crippen molar-refractivity contribution in [2.24, 2.45) is 5.92 Å². The number of nitrogens with zero attached hydrogens (tertiary/aromatic N) is 2. The molecule has 2 aromatic heterocycles. The third-order valence-electron chi connectivity index (χ3n) is 7.48. The van der Waals surface area contributed by atoms with E-state index in [0.717, 1.165) is 51.5 Å². The van der Waals surface area contributed by atoms with Crippen LogP contribution in [0.25, 0.3) is 10.4 Å². The first-order valence-corrected chi connectivity index (χ1v) is 14.0. The van der Waals surface area contributed by atoms with Gasteiger partial charge in [0.1, 0.15) is 5.69 Å². The molecule has 0 bridgehead atoms. The molecule has 0 unspecified atom stereocenters. The van der Waals surface area contributed by atoms with Crippen LogP contribution < -0.4 is 4.90 Å². The third kappa shape index (κ3) is 5.01. The van der Waals surface area contributed by atoms with Crippen LogP contribution in [0, 0.1) is 12.8 Å². The smallest absolute Gasteiger partial charge is 0.276 e. The molecule has 4 nitrogen and oxygen atoms in total. The number of rotatable bonds is 7. The lowest BCUT2D eigenvalue weighted by Crippen LogP contribution is -2.33. The van der Waals surface area contributed by atoms with Crippen LogP contribution in [-0.2, 0) is 19.3 Å². The molecule has 0 atom stereocenters. The number of anilines is 1. The number of hydrogen-bond donors (Lipinski definition) is 0. The Kier molecular flexibility index (Phi) is 6.47. The number of carbonyl (C=O) groups excluding carboxylic acids is 2. The molecule has 0 radical (unpaired) electrons. The molecule has 1 amide bonds. The predicted molar refractivity (Wildman–Crippen MR) is 150 cm³/mol. The number of ketones is 1. The minimum absolute atomic E-state index is 0.0784. The number of pyridine rings is 1. The van der Waals surface area contributed by atoms with Gasteiger partial charge in [0.05, 0.1) is 10.6 Å². The second-order valence-corrected chi connectivity index (χ2v) is 11.3. The number of fused-ring (bicyclic) bond motifs is 3. The summed E-state index contributed by atoms with van der Waals surface area (Å²) in [6.45, 7) is 2.69. The van der Waals surface area contributed by atoms with E-state index in [1.807, 2.05) is 41.3 Å². The Morgan fingerprint density at radius 1 is 0.973 bits per heavy atom. The Morgan fingerprint density at radius 3 is 2.62 bits per heavy atom. The van der Waals surface area contributed by atoms with Crippen molar-refractivity contribution in [2.45, 2.75) is 45.4 Å². The molecule has 3 heterocycles. The first-order chi connectivity index (χ1) is 18.1. The van der Waals surface area contributed by atoms with E-state index in [1.165, 1.54) is 24.0 Å². The molecule has 1 saturated carbocycles. The van der Waals surface area contributed by atoms with E-state index in [2.05, 4.69) is 43.3 Å². The number of aromatic nitrogens is 1. The van der Waals surface area contributed by atoms with Gasteiger partial charge in [0.25, 0.3) is 5.91 Å². The van der Waals surface area contributed by atoms with Crippen molar-refractivity contribution in [3.8, 4) is 10.4 Å². The summed E-state index contributed by atoms with van der Waals surface area (Å²) in [5, 5.41) is 0. The van der Waals surface area contributed by atoms with Gasteiger partial charge in [-0.2, -0.15) is 0 Å². The monoisotopic (exact) mass is 506 g/mol. The predicted octanol–water partition coefficient (Wildman–Crippen LogP) is 7.09. The van der Waals surface area contributed by atoms with E-state index in [4.69, 9.17) is 4.98 Å². The normalized spacial score (nSPS) is 14.6. The molecule has 2 aliphatic rings. The summed E-state index contributed by atoms with van der Waals surface area (Å²) in [7, 11) is 0. The zero-order valence-corrected chi connectivity index (χ0v) is 21.9. The summed E-state index contributed by atoms with van der Waals surface area (Å²) in [6.07, 6.45) is 5.42. The molecule has 5 heteroatoms. The highest BCUT2D eigenvalue weighted by molar-refractivity contribution is 7.17. The molecular formula is C32H30N2O2S. The van der Waals surface area contributed by atoms with Crippen LogP contribution in [0.1, 0.15) is 61.8 Å². The fraction of sp³-hybridized carbons (Fsp3) is 0.281. The van der Waals surface area contributed by atoms with Gasteiger partial charge in [-0.3, -0.25) is 9.59 Å². The van der Waals surface area contributed by atoms with Crippen molar-refractivity contribution >= 4 is 28.7 Å². The highest BCUT2D eigenvalue weighted by Crippen LogP contribution is 2.43. The van der Waals surface area contributed by atoms with Crippen LogP contribution >= 0.6 is 11.3 Å². The molecule has 6 rings (SSSR count). The topological polar surface area (TPSA) is 50.3 Å². The van der Waals surface area contributed by atoms with Crippen molar-refractivity contribution < 1.29 is 9.59 Å². The maximum atomic E-state index is 13.8. The van der Waals surface area contributed by atoms with Crippen LogP contribution in [0.15, 0.2) is 72.8 Å². The Labute approximate surface area is 222 Å². The molecule has 2 aromatic carbocycles. The molecule has 0 spiro atoms. The number of hydrogen-bond acceptors (Lipinski definition) is 4. The third-order valence-corrected chi connectivity index (χ3v) is 8.73. The van der Waals surface area contributed by atoms with E-state index < -0.39 is 0 Å². The van der Waals surface area contributed by atoms with E-state index in [0.29, 0.717) is 24.6 Å². The average Bonchev–Trinajstić information content (AvgIpc) is 3.66. The maximum Gasteiger partial charge on any atom is 0.276 e. The minimum atomic E-state index is -0.0784. The highest BCUT2D eigenvalue weighted by atomic mass is 32.1. The van der Waals surface area contributed by atoms with Crippen molar-refractivity contribution in [1.29, 1.82) is 0 Å². The molecule has 186 valence electrons. The van der Waals surface area contributed by atoms with E-state index in [1.54, 1.807) is 11.3 Å². The van der Waals surface area contributed by atoms with Crippen molar-refractivity contribution in [3.63, 3.8) is 0 Å². The first kappa shape index (κ1) is 23.8. The SMILES string of the molecule is Cc1ccccc1CCc1cccc(C(=O)N2CCc3cc(C(=O)CC4CC4)sc3-c3ccccc32)n1. The lowest BCUT2D eigenvalue weighted by molar-refractivity contribution is 0.0972. The second kappa shape index (κ2) is 10.1. The van der Waals surface area contributed by atoms with Crippen LogP contribution in [0.4, 0.5) is 5.69 Å². The van der Waals surface area contributed by atoms with Crippen molar-refractivity contribution in [3.05, 3.63) is 106 Å². The maximum absolute atomic E-state index is 13.8. The number of Topliss-reactive ketones (excluding diaryl/α,β-unsaturated/α-hetero) is 1. The Morgan fingerprint density at radius 2 is 1.78 bits per heavy atom. The molecule has 1 aliphatic heterocycles. The molecule has 0 saturated heterocycles. The summed E-state index contributed by atoms with van der Waals surface area (Å²) >= 11 is 1.58. The fourth-order valence-electron chi connectivity index (χ4n) is 5.16. The van der Waals surface area contributed by atoms with Gasteiger partial charge in [-0.25, -0.2) is 4.98 Å². The average molecular weight is 507 g/mol. The van der Waals surface area contributed by atoms with Crippen LogP contribution in [0.2, 0.25) is 0 Å². The quantitative estimate of drug-likeness (QED) is 0.252.